The molecule has 4 amide bonds. The number of nitrogens with one attached hydrogen (secondary N) is 4. The summed E-state index contributed by atoms with van der Waals surface area (Å²) in [6.45, 7) is 10.7. The summed E-state index contributed by atoms with van der Waals surface area (Å²) in [6.07, 6.45) is 8.86. The Hall–Kier alpha value is -4.29. The summed E-state index contributed by atoms with van der Waals surface area (Å²) in [5, 5.41) is 10.8. The van der Waals surface area contributed by atoms with Crippen molar-refractivity contribution in [3.8, 4) is 0 Å². The van der Waals surface area contributed by atoms with Crippen LogP contribution in [0.15, 0.2) is 35.5 Å². The zero-order chi connectivity index (χ0) is 33.9. The molecule has 0 radical (unpaired) electrons. The fourth-order valence-corrected chi connectivity index (χ4v) is 7.85. The van der Waals surface area contributed by atoms with Gasteiger partial charge in [-0.2, -0.15) is 0 Å². The number of carbonyl (C=O) groups excluding carboxylic acids is 5. The third-order valence-electron chi connectivity index (χ3n) is 8.89. The number of amides is 4. The van der Waals surface area contributed by atoms with Crippen LogP contribution in [0.25, 0.3) is 0 Å². The van der Waals surface area contributed by atoms with Crippen LogP contribution in [0.4, 0.5) is 5.69 Å². The van der Waals surface area contributed by atoms with E-state index in [2.05, 4.69) is 53.9 Å². The minimum Gasteiger partial charge on any atom is -0.350 e. The maximum atomic E-state index is 13.4. The van der Waals surface area contributed by atoms with Gasteiger partial charge in [0, 0.05) is 44.1 Å². The van der Waals surface area contributed by atoms with Crippen molar-refractivity contribution in [2.75, 3.05) is 11.9 Å². The number of nitrogens with zero attached hydrogens (tertiary/aromatic N) is 3. The number of carbonyl (C=O) groups is 5. The first-order valence-corrected chi connectivity index (χ1v) is 15.9. The number of Topliss-reactive ketones (excluding diaryl/α,β-unsaturated/α-hetero) is 1. The summed E-state index contributed by atoms with van der Waals surface area (Å²) >= 11 is 0. The highest BCUT2D eigenvalue weighted by Crippen LogP contribution is 2.55. The molecule has 0 spiro atoms. The summed E-state index contributed by atoms with van der Waals surface area (Å²) in [7, 11) is 1.61. The smallest absolute Gasteiger partial charge is 0.287 e. The van der Waals surface area contributed by atoms with Crippen LogP contribution in [0.3, 0.4) is 0 Å². The van der Waals surface area contributed by atoms with E-state index in [0.29, 0.717) is 5.92 Å². The third kappa shape index (κ3) is 8.49. The Morgan fingerprint density at radius 1 is 1.02 bits per heavy atom. The number of anilines is 1. The van der Waals surface area contributed by atoms with Crippen molar-refractivity contribution in [1.82, 2.24) is 30.1 Å². The van der Waals surface area contributed by atoms with Gasteiger partial charge in [0.05, 0.1) is 0 Å². The van der Waals surface area contributed by atoms with Gasteiger partial charge in [0.2, 0.25) is 17.6 Å². The van der Waals surface area contributed by atoms with Crippen molar-refractivity contribution >= 4 is 35.1 Å². The molecule has 2 aliphatic rings. The van der Waals surface area contributed by atoms with Gasteiger partial charge in [-0.1, -0.05) is 27.7 Å². The summed E-state index contributed by atoms with van der Waals surface area (Å²) in [4.78, 5) is 81.4. The van der Waals surface area contributed by atoms with Crippen molar-refractivity contribution in [3.05, 3.63) is 46.9 Å². The van der Waals surface area contributed by atoms with Gasteiger partial charge in [0.15, 0.2) is 5.82 Å². The second kappa shape index (κ2) is 13.6. The van der Waals surface area contributed by atoms with E-state index < -0.39 is 35.1 Å². The molecule has 2 fully saturated rings. The average Bonchev–Trinajstić information content (AvgIpc) is 3.36. The number of pyridine rings is 1. The molecule has 46 heavy (non-hydrogen) atoms. The van der Waals surface area contributed by atoms with E-state index in [1.165, 1.54) is 27.6 Å². The number of imidazole rings is 1. The molecule has 13 heteroatoms. The van der Waals surface area contributed by atoms with Crippen LogP contribution in [0.2, 0.25) is 0 Å². The summed E-state index contributed by atoms with van der Waals surface area (Å²) in [6, 6.07) is 1.68. The monoisotopic (exact) mass is 637 g/mol. The average molecular weight is 638 g/mol. The number of hydrogen-bond acceptors (Lipinski definition) is 7. The van der Waals surface area contributed by atoms with Crippen molar-refractivity contribution in [3.63, 3.8) is 0 Å². The lowest BCUT2D eigenvalue weighted by molar-refractivity contribution is -0.138. The number of ketones is 1. The Kier molecular flexibility index (Phi) is 10.2. The van der Waals surface area contributed by atoms with Crippen LogP contribution in [-0.2, 0) is 32.8 Å². The van der Waals surface area contributed by atoms with Crippen LogP contribution >= 0.6 is 0 Å². The highest BCUT2D eigenvalue weighted by atomic mass is 16.2. The fraction of sp³-hybridized carbons (Fsp3) is 0.606. The SMILES string of the molecule is CCNC(=O)C(=O)CCC(NC(=O)c1nccn1C)C(=O)Nc1cccn(CC(=O)NC23CC(CC(C)(C)C2)CC(C)(C)C3)c1=O. The Balaban J connectivity index is 1.48. The minimum absolute atomic E-state index is 0.0365. The first kappa shape index (κ1) is 34.6. The second-order valence-electron chi connectivity index (χ2n) is 14.5. The van der Waals surface area contributed by atoms with Gasteiger partial charge >= 0.3 is 0 Å². The maximum absolute atomic E-state index is 13.4. The van der Waals surface area contributed by atoms with Gasteiger partial charge < -0.3 is 30.4 Å². The van der Waals surface area contributed by atoms with Crippen LogP contribution in [0, 0.1) is 16.7 Å². The molecule has 2 heterocycles. The van der Waals surface area contributed by atoms with Crippen LogP contribution in [0.1, 0.15) is 90.2 Å². The van der Waals surface area contributed by atoms with Crippen molar-refractivity contribution in [2.45, 2.75) is 97.7 Å². The van der Waals surface area contributed by atoms with Gasteiger partial charge in [0.25, 0.3) is 17.4 Å². The topological polar surface area (TPSA) is 173 Å². The quantitative estimate of drug-likeness (QED) is 0.259. The number of aryl methyl sites for hydroxylation is 1. The third-order valence-corrected chi connectivity index (χ3v) is 8.89. The van der Waals surface area contributed by atoms with Gasteiger partial charge in [0.1, 0.15) is 18.3 Å². The molecule has 2 aromatic rings. The Bertz CT molecular complexity index is 1540. The lowest BCUT2D eigenvalue weighted by atomic mass is 9.53. The van der Waals surface area contributed by atoms with E-state index in [1.807, 2.05) is 0 Å². The van der Waals surface area contributed by atoms with Gasteiger partial charge in [-0.05, 0) is 74.3 Å². The molecule has 2 saturated carbocycles. The van der Waals surface area contributed by atoms with Gasteiger partial charge in [-0.25, -0.2) is 4.98 Å². The molecule has 0 saturated heterocycles. The highest BCUT2D eigenvalue weighted by Gasteiger charge is 2.51. The maximum Gasteiger partial charge on any atom is 0.287 e. The molecule has 0 aromatic carbocycles. The highest BCUT2D eigenvalue weighted by molar-refractivity contribution is 6.36. The summed E-state index contributed by atoms with van der Waals surface area (Å²) in [5.74, 6) is -2.67. The van der Waals surface area contributed by atoms with E-state index in [1.54, 1.807) is 26.2 Å². The zero-order valence-electron chi connectivity index (χ0n) is 27.7. The van der Waals surface area contributed by atoms with Crippen molar-refractivity contribution < 1.29 is 24.0 Å². The van der Waals surface area contributed by atoms with Crippen LogP contribution in [-0.4, -0.2) is 61.7 Å². The number of likely N-dealkylation sites (N-methyl/N-ethyl adjacent to an activating group) is 1. The predicted molar refractivity (Wildman–Crippen MR) is 172 cm³/mol. The largest absolute Gasteiger partial charge is 0.350 e. The number of aromatic nitrogens is 3. The molecule has 4 rings (SSSR count). The first-order chi connectivity index (χ1) is 21.5. The van der Waals surface area contributed by atoms with Crippen LogP contribution < -0.4 is 26.8 Å². The van der Waals surface area contributed by atoms with E-state index in [9.17, 15) is 28.8 Å². The van der Waals surface area contributed by atoms with E-state index >= 15 is 0 Å². The van der Waals surface area contributed by atoms with Crippen molar-refractivity contribution in [1.29, 1.82) is 0 Å². The molecule has 2 bridgehead atoms. The molecule has 1 unspecified atom stereocenters. The standard InChI is InChI=1S/C33H47N7O6/c1-7-34-28(44)24(41)11-10-22(36-29(45)26-35-12-14-39(26)6)27(43)37-23-9-8-13-40(30(23)46)18-25(42)38-33-17-21(15-31(2,3)19-33)16-32(4,5)20-33/h8-9,12-14,21-22H,7,10-11,15-20H2,1-6H3,(H,34,44)(H,36,45)(H,37,43)(H,38,42). The molecular weight excluding hydrogens is 590 g/mol. The minimum atomic E-state index is -1.27. The van der Waals surface area contributed by atoms with E-state index in [0.717, 1.165) is 32.1 Å². The second-order valence-corrected chi connectivity index (χ2v) is 14.5. The predicted octanol–water partition coefficient (Wildman–Crippen LogP) is 2.31. The number of rotatable bonds is 12. The molecular formula is C33H47N7O6. The van der Waals surface area contributed by atoms with Gasteiger partial charge in [-0.3, -0.25) is 28.8 Å². The van der Waals surface area contributed by atoms with Crippen molar-refractivity contribution in [2.24, 2.45) is 23.8 Å². The van der Waals surface area contributed by atoms with Crippen LogP contribution in [0.5, 0.6) is 0 Å². The molecule has 4 N–H and O–H groups in total. The molecule has 0 aliphatic heterocycles. The molecule has 13 nitrogen and oxygen atoms in total. The molecule has 250 valence electrons. The fourth-order valence-electron chi connectivity index (χ4n) is 7.85. The zero-order valence-corrected chi connectivity index (χ0v) is 27.7. The summed E-state index contributed by atoms with van der Waals surface area (Å²) < 4.78 is 2.70. The Labute approximate surface area is 269 Å². The molecule has 2 aliphatic carbocycles. The molecule has 2 aromatic heterocycles. The van der Waals surface area contributed by atoms with Gasteiger partial charge in [-0.15, -0.1) is 0 Å². The summed E-state index contributed by atoms with van der Waals surface area (Å²) in [5.41, 5.74) is -0.838. The van der Waals surface area contributed by atoms with E-state index in [4.69, 9.17) is 0 Å². The lowest BCUT2D eigenvalue weighted by Gasteiger charge is -2.56. The Morgan fingerprint density at radius 3 is 2.30 bits per heavy atom. The normalized spacial score (nSPS) is 21.8. The lowest BCUT2D eigenvalue weighted by Crippen LogP contribution is -2.60. The Morgan fingerprint density at radius 2 is 1.70 bits per heavy atom. The molecule has 1 atom stereocenters. The van der Waals surface area contributed by atoms with E-state index in [-0.39, 0.29) is 59.7 Å². The first-order valence-electron chi connectivity index (χ1n) is 15.9. The number of hydrogen-bond donors (Lipinski definition) is 4. The number of fused-ring (bicyclic) bond motifs is 2.